The molecule has 0 spiro atoms. The van der Waals surface area contributed by atoms with Crippen molar-refractivity contribution in [3.8, 4) is 6.07 Å². The van der Waals surface area contributed by atoms with Crippen LogP contribution in [0.25, 0.3) is 5.65 Å². The zero-order valence-corrected chi connectivity index (χ0v) is 11.0. The number of benzene rings is 1. The molecule has 20 heavy (non-hydrogen) atoms. The van der Waals surface area contributed by atoms with Crippen LogP contribution in [0, 0.1) is 18.3 Å². The molecule has 0 aliphatic heterocycles. The quantitative estimate of drug-likeness (QED) is 0.788. The Kier molecular flexibility index (Phi) is 3.05. The molecule has 3 aromatic rings. The lowest BCUT2D eigenvalue weighted by atomic mass is 10.1. The number of fused-ring (bicyclic) bond motifs is 1. The summed E-state index contributed by atoms with van der Waals surface area (Å²) < 4.78 is 1.90. The van der Waals surface area contributed by atoms with E-state index in [9.17, 15) is 0 Å². The molecule has 0 aliphatic rings. The molecule has 0 bridgehead atoms. The van der Waals surface area contributed by atoms with Crippen LogP contribution >= 0.6 is 0 Å². The predicted molar refractivity (Wildman–Crippen MR) is 76.2 cm³/mol. The number of anilines is 1. The van der Waals surface area contributed by atoms with Gasteiger partial charge in [-0.15, -0.1) is 10.2 Å². The highest BCUT2D eigenvalue weighted by Crippen LogP contribution is 2.12. The van der Waals surface area contributed by atoms with Crippen molar-refractivity contribution in [2.24, 2.45) is 0 Å². The Balaban J connectivity index is 1.81. The molecule has 0 saturated heterocycles. The monoisotopic (exact) mass is 263 g/mol. The summed E-state index contributed by atoms with van der Waals surface area (Å²) in [5, 5.41) is 20.4. The van der Waals surface area contributed by atoms with E-state index in [1.807, 2.05) is 47.9 Å². The van der Waals surface area contributed by atoms with Gasteiger partial charge in [0.1, 0.15) is 0 Å². The number of aryl methyl sites for hydroxylation is 1. The maximum absolute atomic E-state index is 8.88. The van der Waals surface area contributed by atoms with Gasteiger partial charge in [0, 0.05) is 12.7 Å². The van der Waals surface area contributed by atoms with Crippen LogP contribution in [0.2, 0.25) is 0 Å². The zero-order chi connectivity index (χ0) is 13.9. The van der Waals surface area contributed by atoms with Gasteiger partial charge in [0.2, 0.25) is 5.95 Å². The first-order valence-corrected chi connectivity index (χ1v) is 6.30. The van der Waals surface area contributed by atoms with Crippen LogP contribution in [-0.2, 0) is 6.54 Å². The van der Waals surface area contributed by atoms with Crippen LogP contribution < -0.4 is 5.32 Å². The zero-order valence-electron chi connectivity index (χ0n) is 11.0. The molecule has 0 radical (unpaired) electrons. The highest BCUT2D eigenvalue weighted by molar-refractivity contribution is 5.47. The van der Waals surface area contributed by atoms with Crippen LogP contribution in [-0.4, -0.2) is 14.6 Å². The Hall–Kier alpha value is -2.87. The highest BCUT2D eigenvalue weighted by atomic mass is 15.3. The Morgan fingerprint density at radius 3 is 3.00 bits per heavy atom. The van der Waals surface area contributed by atoms with Crippen LogP contribution in [0.5, 0.6) is 0 Å². The van der Waals surface area contributed by atoms with Gasteiger partial charge in [0.25, 0.3) is 0 Å². The second-order valence-electron chi connectivity index (χ2n) is 4.62. The number of nitriles is 1. The highest BCUT2D eigenvalue weighted by Gasteiger charge is 2.04. The van der Waals surface area contributed by atoms with Gasteiger partial charge in [-0.25, -0.2) is 0 Å². The first kappa shape index (κ1) is 12.2. The lowest BCUT2D eigenvalue weighted by Crippen LogP contribution is -2.03. The minimum Gasteiger partial charge on any atom is -0.350 e. The predicted octanol–water partition coefficient (Wildman–Crippen LogP) is 2.52. The average molecular weight is 263 g/mol. The topological polar surface area (TPSA) is 66.0 Å². The summed E-state index contributed by atoms with van der Waals surface area (Å²) in [6.07, 6.45) is 1.94. The molecular formula is C15H13N5. The fraction of sp³-hybridized carbons (Fsp3) is 0.133. The van der Waals surface area contributed by atoms with Gasteiger partial charge in [-0.2, -0.15) is 5.26 Å². The van der Waals surface area contributed by atoms with E-state index < -0.39 is 0 Å². The molecule has 0 saturated carbocycles. The van der Waals surface area contributed by atoms with Gasteiger partial charge in [0.15, 0.2) is 5.65 Å². The largest absolute Gasteiger partial charge is 0.350 e. The van der Waals surface area contributed by atoms with Crippen molar-refractivity contribution in [3.05, 3.63) is 59.3 Å². The summed E-state index contributed by atoms with van der Waals surface area (Å²) in [4.78, 5) is 0. The first-order chi connectivity index (χ1) is 9.76. The fourth-order valence-corrected chi connectivity index (χ4v) is 2.05. The molecule has 1 N–H and O–H groups in total. The average Bonchev–Trinajstić information content (AvgIpc) is 2.87. The Labute approximate surface area is 116 Å². The maximum atomic E-state index is 8.88. The molecule has 0 fully saturated rings. The number of pyridine rings is 1. The van der Waals surface area contributed by atoms with Gasteiger partial charge >= 0.3 is 0 Å². The van der Waals surface area contributed by atoms with E-state index in [4.69, 9.17) is 5.26 Å². The van der Waals surface area contributed by atoms with Gasteiger partial charge in [-0.05, 0) is 42.3 Å². The van der Waals surface area contributed by atoms with Crippen molar-refractivity contribution in [1.82, 2.24) is 14.6 Å². The van der Waals surface area contributed by atoms with Crippen LogP contribution in [0.15, 0.2) is 42.6 Å². The summed E-state index contributed by atoms with van der Waals surface area (Å²) in [6.45, 7) is 2.62. The van der Waals surface area contributed by atoms with Crippen molar-refractivity contribution in [1.29, 1.82) is 5.26 Å². The van der Waals surface area contributed by atoms with Crippen LogP contribution in [0.4, 0.5) is 5.95 Å². The van der Waals surface area contributed by atoms with E-state index in [2.05, 4.69) is 21.6 Å². The lowest BCUT2D eigenvalue weighted by Gasteiger charge is -2.05. The Morgan fingerprint density at radius 2 is 2.15 bits per heavy atom. The van der Waals surface area contributed by atoms with Crippen LogP contribution in [0.1, 0.15) is 16.7 Å². The molecule has 1 aromatic carbocycles. The number of hydrogen-bond donors (Lipinski definition) is 1. The number of nitrogens with zero attached hydrogens (tertiary/aromatic N) is 4. The molecule has 0 aliphatic carbocycles. The summed E-state index contributed by atoms with van der Waals surface area (Å²) in [6, 6.07) is 13.6. The second-order valence-corrected chi connectivity index (χ2v) is 4.62. The number of rotatable bonds is 3. The fourth-order valence-electron chi connectivity index (χ4n) is 2.05. The van der Waals surface area contributed by atoms with E-state index in [-0.39, 0.29) is 0 Å². The van der Waals surface area contributed by atoms with E-state index >= 15 is 0 Å². The third-order valence-corrected chi connectivity index (χ3v) is 3.07. The maximum Gasteiger partial charge on any atom is 0.229 e. The van der Waals surface area contributed by atoms with E-state index in [1.54, 1.807) is 6.07 Å². The van der Waals surface area contributed by atoms with E-state index in [0.717, 1.165) is 16.8 Å². The SMILES string of the molecule is Cc1ccn2c(NCc3cccc(C#N)c3)nnc2c1. The van der Waals surface area contributed by atoms with Crippen molar-refractivity contribution >= 4 is 11.6 Å². The third kappa shape index (κ3) is 2.31. The molecule has 2 heterocycles. The summed E-state index contributed by atoms with van der Waals surface area (Å²) in [7, 11) is 0. The Morgan fingerprint density at radius 1 is 1.25 bits per heavy atom. The van der Waals surface area contributed by atoms with Gasteiger partial charge in [-0.3, -0.25) is 4.40 Å². The number of hydrogen-bond acceptors (Lipinski definition) is 4. The van der Waals surface area contributed by atoms with Gasteiger partial charge < -0.3 is 5.32 Å². The summed E-state index contributed by atoms with van der Waals surface area (Å²) in [5.41, 5.74) is 3.66. The molecule has 5 nitrogen and oxygen atoms in total. The third-order valence-electron chi connectivity index (χ3n) is 3.07. The van der Waals surface area contributed by atoms with Gasteiger partial charge in [-0.1, -0.05) is 12.1 Å². The molecule has 5 heteroatoms. The van der Waals surface area contributed by atoms with Crippen molar-refractivity contribution < 1.29 is 0 Å². The molecule has 2 aromatic heterocycles. The standard InChI is InChI=1S/C15H13N5/c1-11-5-6-20-14(7-11)18-19-15(20)17-10-13-4-2-3-12(8-13)9-16/h2-8H,10H2,1H3,(H,17,19). The van der Waals surface area contributed by atoms with Crippen molar-refractivity contribution in [3.63, 3.8) is 0 Å². The molecule has 3 rings (SSSR count). The van der Waals surface area contributed by atoms with E-state index in [0.29, 0.717) is 18.1 Å². The first-order valence-electron chi connectivity index (χ1n) is 6.30. The van der Waals surface area contributed by atoms with Crippen molar-refractivity contribution in [2.45, 2.75) is 13.5 Å². The smallest absolute Gasteiger partial charge is 0.229 e. The lowest BCUT2D eigenvalue weighted by molar-refractivity contribution is 1.03. The molecule has 0 atom stereocenters. The minimum atomic E-state index is 0.601. The summed E-state index contributed by atoms with van der Waals surface area (Å²) in [5.74, 6) is 0.697. The Bertz CT molecular complexity index is 797. The van der Waals surface area contributed by atoms with E-state index in [1.165, 1.54) is 0 Å². The molecular weight excluding hydrogens is 250 g/mol. The normalized spacial score (nSPS) is 10.4. The minimum absolute atomic E-state index is 0.601. The molecule has 0 amide bonds. The second kappa shape index (κ2) is 5.02. The molecule has 0 unspecified atom stereocenters. The van der Waals surface area contributed by atoms with Crippen LogP contribution in [0.3, 0.4) is 0 Å². The molecule has 98 valence electrons. The van der Waals surface area contributed by atoms with Crippen molar-refractivity contribution in [2.75, 3.05) is 5.32 Å². The number of nitrogens with one attached hydrogen (secondary N) is 1. The summed E-state index contributed by atoms with van der Waals surface area (Å²) >= 11 is 0. The number of aromatic nitrogens is 3. The van der Waals surface area contributed by atoms with Gasteiger partial charge in [0.05, 0.1) is 11.6 Å².